The summed E-state index contributed by atoms with van der Waals surface area (Å²) in [5.41, 5.74) is 4.84. The van der Waals surface area contributed by atoms with Crippen LogP contribution in [0.15, 0.2) is 0 Å². The van der Waals surface area contributed by atoms with Gasteiger partial charge in [0.15, 0.2) is 0 Å². The molecule has 0 radical (unpaired) electrons. The number of aliphatic carboxylic acids is 2. The third-order valence-electron chi connectivity index (χ3n) is 0.712. The number of carbonyl (C=O) groups is 2. The second-order valence-corrected chi connectivity index (χ2v) is 3.01. The molecule has 0 rings (SSSR count). The van der Waals surface area contributed by atoms with E-state index in [0.29, 0.717) is 0 Å². The van der Waals surface area contributed by atoms with Crippen LogP contribution in [0.25, 0.3) is 0 Å². The molecule has 84 valence electrons. The second-order valence-electron chi connectivity index (χ2n) is 2.03. The molecule has 0 aliphatic carbocycles. The predicted octanol–water partition coefficient (Wildman–Crippen LogP) is -5.68. The minimum absolute atomic E-state index is 0. The first-order chi connectivity index (χ1) is 6.04. The molecule has 0 aromatic carbocycles. The minimum Gasteiger partial charge on any atom is -0.756 e. The monoisotopic (exact) mass is 253 g/mol. The molecule has 15 heavy (non-hydrogen) atoms. The van der Waals surface area contributed by atoms with Crippen molar-refractivity contribution in [1.29, 1.82) is 0 Å². The maximum atomic E-state index is 9.85. The van der Waals surface area contributed by atoms with E-state index < -0.39 is 32.2 Å². The quantitative estimate of drug-likeness (QED) is 0.241. The van der Waals surface area contributed by atoms with E-state index in [1.165, 1.54) is 0 Å². The maximum Gasteiger partial charge on any atom is 1.00 e. The summed E-state index contributed by atoms with van der Waals surface area (Å²) in [5.74, 6) is -2.50. The molecule has 0 fully saturated rings. The number of rotatable bonds is 3. The summed E-state index contributed by atoms with van der Waals surface area (Å²) >= 11 is 0. The van der Waals surface area contributed by atoms with Crippen LogP contribution in [0.5, 0.6) is 0 Å². The molecule has 0 saturated carbocycles. The fourth-order valence-corrected chi connectivity index (χ4v) is 0.275. The van der Waals surface area contributed by atoms with Crippen molar-refractivity contribution in [1.82, 2.24) is 0 Å². The molecule has 0 amide bonds. The van der Waals surface area contributed by atoms with Crippen LogP contribution in [0.2, 0.25) is 0 Å². The normalized spacial score (nSPS) is 11.5. The van der Waals surface area contributed by atoms with Gasteiger partial charge in [-0.15, -0.1) is 0 Å². The Hall–Kier alpha value is 0.01000. The Bertz CT molecular complexity index is 243. The van der Waals surface area contributed by atoms with Gasteiger partial charge < -0.3 is 30.6 Å². The van der Waals surface area contributed by atoms with Gasteiger partial charge in [-0.3, -0.25) is 14.2 Å². The van der Waals surface area contributed by atoms with Crippen LogP contribution in [-0.2, 0) is 14.2 Å². The first-order valence-electron chi connectivity index (χ1n) is 3.00. The largest absolute Gasteiger partial charge is 1.00 e. The molecule has 0 spiro atoms. The van der Waals surface area contributed by atoms with E-state index in [4.69, 9.17) is 35.2 Å². The number of carboxylic acid groups (broad SMARTS) is 2. The van der Waals surface area contributed by atoms with E-state index in [1.807, 2.05) is 0 Å². The van der Waals surface area contributed by atoms with Gasteiger partial charge in [0.25, 0.3) is 7.82 Å². The van der Waals surface area contributed by atoms with E-state index >= 15 is 0 Å². The van der Waals surface area contributed by atoms with Gasteiger partial charge in [0, 0.05) is 0 Å². The Morgan fingerprint density at radius 2 is 1.60 bits per heavy atom. The van der Waals surface area contributed by atoms with Crippen LogP contribution < -0.4 is 40.2 Å². The average Bonchev–Trinajstić information content (AvgIpc) is 1.80. The van der Waals surface area contributed by atoms with E-state index in [2.05, 4.69) is 0 Å². The molecule has 0 unspecified atom stereocenters. The molecule has 0 saturated heterocycles. The number of carboxylic acids is 2. The molecule has 1 atom stereocenters. The predicted molar refractivity (Wildman–Crippen MR) is 39.9 cm³/mol. The smallest absolute Gasteiger partial charge is 0.756 e. The van der Waals surface area contributed by atoms with Gasteiger partial charge in [-0.2, -0.15) is 0 Å². The summed E-state index contributed by atoms with van der Waals surface area (Å²) in [7, 11) is -4.89. The van der Waals surface area contributed by atoms with Gasteiger partial charge in [0.05, 0.1) is 6.42 Å². The molecule has 0 aliphatic heterocycles. The van der Waals surface area contributed by atoms with Gasteiger partial charge in [-0.1, -0.05) is 0 Å². The molecule has 0 aromatic rings. The summed E-state index contributed by atoms with van der Waals surface area (Å²) in [5, 5.41) is 16.0. The molecule has 0 heterocycles. The third-order valence-corrected chi connectivity index (χ3v) is 0.712. The Kier molecular flexibility index (Phi) is 12.6. The molecule has 0 aromatic heterocycles. The van der Waals surface area contributed by atoms with Crippen molar-refractivity contribution < 1.29 is 68.6 Å². The standard InChI is InChI=1S/C4H7NO4.Na.H3O4P/c5-2(4(8)9)1-3(6)7;;1-5(2,3)4/h2H,1,5H2,(H,6,7)(H,8,9);;(H3,1,2,3,4)/q;+1;/p-1/t2-;;/m0../s1. The molecule has 0 aliphatic rings. The number of nitrogens with two attached hydrogens (primary N) is 1. The topological polar surface area (TPSA) is 181 Å². The summed E-state index contributed by atoms with van der Waals surface area (Å²) < 4.78 is 8.77. The Balaban J connectivity index is -0.000000208. The number of phosphoric acid groups is 1. The summed E-state index contributed by atoms with van der Waals surface area (Å²) in [6, 6.07) is -1.29. The van der Waals surface area contributed by atoms with Gasteiger partial charge in [0.1, 0.15) is 6.04 Å². The van der Waals surface area contributed by atoms with Crippen LogP contribution in [0.4, 0.5) is 0 Å². The summed E-state index contributed by atoms with van der Waals surface area (Å²) in [4.78, 5) is 42.5. The van der Waals surface area contributed by atoms with Crippen molar-refractivity contribution in [2.75, 3.05) is 0 Å². The fourth-order valence-electron chi connectivity index (χ4n) is 0.275. The second kappa shape index (κ2) is 9.25. The maximum absolute atomic E-state index is 9.85. The summed E-state index contributed by atoms with van der Waals surface area (Å²) in [6.45, 7) is 0. The minimum atomic E-state index is -4.89. The molecular weight excluding hydrogens is 244 g/mol. The zero-order chi connectivity index (χ0) is 11.9. The van der Waals surface area contributed by atoms with Gasteiger partial charge in [-0.25, -0.2) is 0 Å². The SMILES string of the molecule is N[C@@H](CC(=O)O)C(=O)O.O=P([O-])(O)O.[Na+]. The van der Waals surface area contributed by atoms with Crippen LogP contribution in [0, 0.1) is 0 Å². The zero-order valence-corrected chi connectivity index (χ0v) is 10.6. The molecule has 9 nitrogen and oxygen atoms in total. The van der Waals surface area contributed by atoms with Gasteiger partial charge in [-0.05, 0) is 0 Å². The van der Waals surface area contributed by atoms with E-state index in [0.717, 1.165) is 0 Å². The van der Waals surface area contributed by atoms with Crippen molar-refractivity contribution >= 4 is 19.8 Å². The van der Waals surface area contributed by atoms with Crippen molar-refractivity contribution in [3.8, 4) is 0 Å². The van der Waals surface area contributed by atoms with Crippen molar-refractivity contribution in [3.63, 3.8) is 0 Å². The molecule has 0 bridgehead atoms. The van der Waals surface area contributed by atoms with Crippen molar-refractivity contribution in [2.24, 2.45) is 5.73 Å². The molecule has 11 heteroatoms. The zero-order valence-electron chi connectivity index (χ0n) is 7.73. The van der Waals surface area contributed by atoms with Crippen LogP contribution >= 0.6 is 7.82 Å². The van der Waals surface area contributed by atoms with Gasteiger partial charge in [0.2, 0.25) is 0 Å². The Labute approximate surface area is 106 Å². The van der Waals surface area contributed by atoms with Crippen LogP contribution in [0.3, 0.4) is 0 Å². The third kappa shape index (κ3) is 31.5. The van der Waals surface area contributed by atoms with Crippen LogP contribution in [0.1, 0.15) is 6.42 Å². The number of hydrogen-bond acceptors (Lipinski definition) is 5. The van der Waals surface area contributed by atoms with E-state index in [1.54, 1.807) is 0 Å². The van der Waals surface area contributed by atoms with Crippen molar-refractivity contribution in [2.45, 2.75) is 12.5 Å². The van der Waals surface area contributed by atoms with E-state index in [-0.39, 0.29) is 29.6 Å². The van der Waals surface area contributed by atoms with E-state index in [9.17, 15) is 9.59 Å². The van der Waals surface area contributed by atoms with Crippen molar-refractivity contribution in [3.05, 3.63) is 0 Å². The first kappa shape index (κ1) is 20.4. The van der Waals surface area contributed by atoms with Crippen LogP contribution in [-0.4, -0.2) is 38.0 Å². The Morgan fingerprint density at radius 1 is 1.33 bits per heavy atom. The van der Waals surface area contributed by atoms with Gasteiger partial charge >= 0.3 is 41.5 Å². The number of hydrogen-bond donors (Lipinski definition) is 5. The first-order valence-corrected chi connectivity index (χ1v) is 4.53. The summed E-state index contributed by atoms with van der Waals surface area (Å²) in [6.07, 6.45) is -0.532. The Morgan fingerprint density at radius 3 is 1.67 bits per heavy atom. The molecule has 6 N–H and O–H groups in total. The average molecular weight is 253 g/mol. The molecular formula is C4H9NNaO8P. The fraction of sp³-hybridized carbons (Fsp3) is 0.500.